The second kappa shape index (κ2) is 6.05. The van der Waals surface area contributed by atoms with E-state index in [4.69, 9.17) is 14.5 Å². The molecule has 0 bridgehead atoms. The van der Waals surface area contributed by atoms with Crippen molar-refractivity contribution in [1.29, 1.82) is 0 Å². The van der Waals surface area contributed by atoms with Crippen LogP contribution in [0.15, 0.2) is 15.8 Å². The molecule has 1 aliphatic rings. The summed E-state index contributed by atoms with van der Waals surface area (Å²) in [7, 11) is -3.55. The van der Waals surface area contributed by atoms with Gasteiger partial charge in [0, 0.05) is 13.2 Å². The van der Waals surface area contributed by atoms with Gasteiger partial charge in [0.15, 0.2) is 0 Å². The standard InChI is InChI=1S/C10H15N2O9P/c1-12-9(15)4(2-11-10(12)16)8-7(14)6(13)5(21-8)3-20-22(17,18)19/h2,5-8,13-14H,3H2,1H3,(H,11,16)(H2,17,18,19)/t5-,6-,7?,8+/m1/s1. The molecule has 2 rings (SSSR count). The minimum absolute atomic E-state index is 0.104. The van der Waals surface area contributed by atoms with Gasteiger partial charge in [0.05, 0.1) is 12.2 Å². The second-order valence-corrected chi connectivity index (χ2v) is 6.02. The van der Waals surface area contributed by atoms with Crippen LogP contribution in [0.25, 0.3) is 0 Å². The average Bonchev–Trinajstić information content (AvgIpc) is 2.70. The molecule has 1 fully saturated rings. The SMILES string of the molecule is Cn1c(=O)[nH]cc([C@@H]2O[C@H](COP(=O)(O)O)[C@@H](O)C2O)c1=O. The number of hydrogen-bond donors (Lipinski definition) is 5. The Balaban J connectivity index is 2.24. The second-order valence-electron chi connectivity index (χ2n) is 4.78. The van der Waals surface area contributed by atoms with Crippen LogP contribution in [0.4, 0.5) is 0 Å². The van der Waals surface area contributed by atoms with Crippen LogP contribution in [-0.4, -0.2) is 54.5 Å². The van der Waals surface area contributed by atoms with Crippen LogP contribution in [-0.2, 0) is 20.9 Å². The monoisotopic (exact) mass is 338 g/mol. The fourth-order valence-corrected chi connectivity index (χ4v) is 2.44. The van der Waals surface area contributed by atoms with Gasteiger partial charge in [0.25, 0.3) is 5.56 Å². The Bertz CT molecular complexity index is 707. The average molecular weight is 338 g/mol. The Morgan fingerprint density at radius 1 is 1.36 bits per heavy atom. The van der Waals surface area contributed by atoms with E-state index in [9.17, 15) is 24.4 Å². The van der Waals surface area contributed by atoms with Gasteiger partial charge in [-0.2, -0.15) is 0 Å². The topological polar surface area (TPSA) is 171 Å². The molecule has 0 amide bonds. The quantitative estimate of drug-likeness (QED) is 0.367. The van der Waals surface area contributed by atoms with Crippen molar-refractivity contribution in [3.8, 4) is 0 Å². The van der Waals surface area contributed by atoms with Crippen molar-refractivity contribution in [2.24, 2.45) is 7.05 Å². The first-order valence-electron chi connectivity index (χ1n) is 6.12. The molecule has 1 unspecified atom stereocenters. The maximum absolute atomic E-state index is 12.0. The molecule has 1 saturated heterocycles. The summed E-state index contributed by atoms with van der Waals surface area (Å²) in [6.45, 7) is -0.678. The van der Waals surface area contributed by atoms with E-state index in [2.05, 4.69) is 9.51 Å². The molecule has 1 aromatic heterocycles. The number of nitrogens with one attached hydrogen (secondary N) is 1. The largest absolute Gasteiger partial charge is 0.469 e. The number of phosphoric ester groups is 1. The van der Waals surface area contributed by atoms with Crippen LogP contribution < -0.4 is 11.2 Å². The highest BCUT2D eigenvalue weighted by atomic mass is 31.2. The smallest absolute Gasteiger partial charge is 0.387 e. The molecule has 11 nitrogen and oxygen atoms in total. The summed E-state index contributed by atoms with van der Waals surface area (Å²) in [5, 5.41) is 19.7. The first-order valence-corrected chi connectivity index (χ1v) is 7.65. The van der Waals surface area contributed by atoms with Crippen molar-refractivity contribution in [3.05, 3.63) is 32.6 Å². The third-order valence-electron chi connectivity index (χ3n) is 3.28. The van der Waals surface area contributed by atoms with Crippen LogP contribution in [0.2, 0.25) is 0 Å². The number of aromatic amines is 1. The van der Waals surface area contributed by atoms with Gasteiger partial charge in [-0.1, -0.05) is 0 Å². The Labute approximate surface area is 123 Å². The lowest BCUT2D eigenvalue weighted by molar-refractivity contribution is -0.0229. The maximum Gasteiger partial charge on any atom is 0.469 e. The van der Waals surface area contributed by atoms with Crippen molar-refractivity contribution in [3.63, 3.8) is 0 Å². The summed E-state index contributed by atoms with van der Waals surface area (Å²) in [6, 6.07) is 0. The first-order chi connectivity index (χ1) is 10.1. The summed E-state index contributed by atoms with van der Waals surface area (Å²) in [4.78, 5) is 42.8. The van der Waals surface area contributed by atoms with E-state index in [1.807, 2.05) is 0 Å². The highest BCUT2D eigenvalue weighted by molar-refractivity contribution is 7.46. The molecule has 4 atom stereocenters. The van der Waals surface area contributed by atoms with Gasteiger partial charge in [-0.05, 0) is 0 Å². The summed E-state index contributed by atoms with van der Waals surface area (Å²) >= 11 is 0. The first kappa shape index (κ1) is 17.0. The number of ether oxygens (including phenoxy) is 1. The van der Waals surface area contributed by atoms with Crippen LogP contribution >= 0.6 is 7.82 Å². The highest BCUT2D eigenvalue weighted by Crippen LogP contribution is 2.38. The summed E-state index contributed by atoms with van der Waals surface area (Å²) < 4.78 is 20.9. The van der Waals surface area contributed by atoms with E-state index in [1.54, 1.807) is 0 Å². The molecule has 0 aliphatic carbocycles. The van der Waals surface area contributed by atoms with Gasteiger partial charge in [0.2, 0.25) is 0 Å². The number of aromatic nitrogens is 2. The van der Waals surface area contributed by atoms with Crippen molar-refractivity contribution >= 4 is 7.82 Å². The lowest BCUT2D eigenvalue weighted by Gasteiger charge is -2.14. The zero-order valence-electron chi connectivity index (χ0n) is 11.3. The lowest BCUT2D eigenvalue weighted by Crippen LogP contribution is -2.37. The summed E-state index contributed by atoms with van der Waals surface area (Å²) in [5.41, 5.74) is -1.49. The molecule has 124 valence electrons. The zero-order chi connectivity index (χ0) is 16.7. The summed E-state index contributed by atoms with van der Waals surface area (Å²) in [5.74, 6) is 0. The van der Waals surface area contributed by atoms with Crippen LogP contribution in [0.1, 0.15) is 11.7 Å². The molecule has 5 N–H and O–H groups in total. The number of aliphatic hydroxyl groups excluding tert-OH is 2. The molecule has 22 heavy (non-hydrogen) atoms. The fraction of sp³-hybridized carbons (Fsp3) is 0.600. The minimum Gasteiger partial charge on any atom is -0.387 e. The van der Waals surface area contributed by atoms with E-state index >= 15 is 0 Å². The van der Waals surface area contributed by atoms with E-state index in [1.165, 1.54) is 7.05 Å². The van der Waals surface area contributed by atoms with Crippen molar-refractivity contribution in [2.45, 2.75) is 24.4 Å². The third-order valence-corrected chi connectivity index (χ3v) is 3.77. The van der Waals surface area contributed by atoms with Gasteiger partial charge in [-0.15, -0.1) is 0 Å². The van der Waals surface area contributed by atoms with Gasteiger partial charge in [-0.3, -0.25) is 13.9 Å². The fourth-order valence-electron chi connectivity index (χ4n) is 2.10. The third kappa shape index (κ3) is 3.36. The Hall–Kier alpha value is -1.33. The molecular weight excluding hydrogens is 323 g/mol. The minimum atomic E-state index is -4.77. The molecule has 0 aromatic carbocycles. The number of H-pyrrole nitrogens is 1. The Kier molecular flexibility index (Phi) is 4.68. The highest BCUT2D eigenvalue weighted by Gasteiger charge is 2.45. The predicted octanol–water partition coefficient (Wildman–Crippen LogP) is -2.66. The molecular formula is C10H15N2O9P. The number of hydrogen-bond acceptors (Lipinski definition) is 7. The van der Waals surface area contributed by atoms with Crippen LogP contribution in [0.5, 0.6) is 0 Å². The molecule has 0 saturated carbocycles. The molecule has 2 heterocycles. The van der Waals surface area contributed by atoms with E-state index < -0.39 is 50.1 Å². The van der Waals surface area contributed by atoms with E-state index in [-0.39, 0.29) is 5.56 Å². The van der Waals surface area contributed by atoms with Gasteiger partial charge >= 0.3 is 13.5 Å². The molecule has 12 heteroatoms. The zero-order valence-corrected chi connectivity index (χ0v) is 12.2. The number of aliphatic hydroxyl groups is 2. The van der Waals surface area contributed by atoms with Gasteiger partial charge in [-0.25, -0.2) is 9.36 Å². The normalized spacial score (nSPS) is 29.0. The van der Waals surface area contributed by atoms with E-state index in [0.29, 0.717) is 0 Å². The Morgan fingerprint density at radius 3 is 2.59 bits per heavy atom. The van der Waals surface area contributed by atoms with Gasteiger partial charge < -0.3 is 29.7 Å². The predicted molar refractivity (Wildman–Crippen MR) is 69.9 cm³/mol. The summed E-state index contributed by atoms with van der Waals surface area (Å²) in [6.07, 6.45) is -4.50. The molecule has 0 radical (unpaired) electrons. The Morgan fingerprint density at radius 2 is 2.00 bits per heavy atom. The molecule has 1 aliphatic heterocycles. The lowest BCUT2D eigenvalue weighted by atomic mass is 10.0. The maximum atomic E-state index is 12.0. The van der Waals surface area contributed by atoms with Crippen LogP contribution in [0, 0.1) is 0 Å². The van der Waals surface area contributed by atoms with E-state index in [0.717, 1.165) is 10.8 Å². The molecule has 0 spiro atoms. The van der Waals surface area contributed by atoms with Crippen LogP contribution in [0.3, 0.4) is 0 Å². The number of phosphoric acid groups is 1. The van der Waals surface area contributed by atoms with Crippen molar-refractivity contribution in [1.82, 2.24) is 9.55 Å². The number of rotatable bonds is 4. The number of nitrogens with zero attached hydrogens (tertiary/aromatic N) is 1. The van der Waals surface area contributed by atoms with Gasteiger partial charge in [0.1, 0.15) is 24.4 Å². The molecule has 1 aromatic rings. The van der Waals surface area contributed by atoms with Crippen molar-refractivity contribution < 1.29 is 33.8 Å². The van der Waals surface area contributed by atoms with Crippen molar-refractivity contribution in [2.75, 3.05) is 6.61 Å².